The molecule has 1 unspecified atom stereocenters. The predicted octanol–water partition coefficient (Wildman–Crippen LogP) is 2.40. The Balaban J connectivity index is 3.42. The van der Waals surface area contributed by atoms with E-state index in [1.807, 2.05) is 25.6 Å². The van der Waals surface area contributed by atoms with Crippen LogP contribution in [0.3, 0.4) is 0 Å². The summed E-state index contributed by atoms with van der Waals surface area (Å²) in [6, 6.07) is 2.61. The molecule has 0 aliphatic carbocycles. The van der Waals surface area contributed by atoms with Gasteiger partial charge in [-0.05, 0) is 32.4 Å². The van der Waals surface area contributed by atoms with Crippen LogP contribution in [0.15, 0.2) is 0 Å². The predicted molar refractivity (Wildman–Crippen MR) is 59.6 cm³/mol. The minimum Gasteiger partial charge on any atom is -0.327 e. The van der Waals surface area contributed by atoms with Crippen molar-refractivity contribution in [2.24, 2.45) is 11.1 Å². The van der Waals surface area contributed by atoms with Crippen LogP contribution in [0.4, 0.5) is 0 Å². The molecule has 2 nitrogen and oxygen atoms in total. The largest absolute Gasteiger partial charge is 0.327 e. The van der Waals surface area contributed by atoms with Crippen LogP contribution in [0.5, 0.6) is 0 Å². The number of hydrogen-bond acceptors (Lipinski definition) is 3. The van der Waals surface area contributed by atoms with Gasteiger partial charge in [-0.2, -0.15) is 17.0 Å². The summed E-state index contributed by atoms with van der Waals surface area (Å²) < 4.78 is 0. The lowest BCUT2D eigenvalue weighted by Crippen LogP contribution is -2.21. The number of nitriles is 1. The Morgan fingerprint density at radius 3 is 2.62 bits per heavy atom. The van der Waals surface area contributed by atoms with Crippen molar-refractivity contribution in [2.45, 2.75) is 39.7 Å². The van der Waals surface area contributed by atoms with E-state index < -0.39 is 0 Å². The lowest BCUT2D eigenvalue weighted by molar-refractivity contribution is 0.482. The molecule has 0 fully saturated rings. The van der Waals surface area contributed by atoms with E-state index in [2.05, 4.69) is 13.0 Å². The standard InChI is InChI=1S/C10H20N2S/c1-4-9(12)7-13-6-5-10(2,3)8-11/h9H,4-7,12H2,1-3H3. The second-order valence-electron chi connectivity index (χ2n) is 3.99. The highest BCUT2D eigenvalue weighted by Crippen LogP contribution is 2.21. The maximum atomic E-state index is 8.76. The van der Waals surface area contributed by atoms with Gasteiger partial charge >= 0.3 is 0 Å². The van der Waals surface area contributed by atoms with Gasteiger partial charge in [0.2, 0.25) is 0 Å². The van der Waals surface area contributed by atoms with Crippen LogP contribution >= 0.6 is 11.8 Å². The number of hydrogen-bond donors (Lipinski definition) is 1. The maximum absolute atomic E-state index is 8.76. The van der Waals surface area contributed by atoms with Gasteiger partial charge in [0.1, 0.15) is 0 Å². The van der Waals surface area contributed by atoms with E-state index in [-0.39, 0.29) is 5.41 Å². The summed E-state index contributed by atoms with van der Waals surface area (Å²) in [5.74, 6) is 2.05. The molecular formula is C10H20N2S. The highest BCUT2D eigenvalue weighted by Gasteiger charge is 2.15. The molecule has 0 aromatic rings. The topological polar surface area (TPSA) is 49.8 Å². The van der Waals surface area contributed by atoms with Crippen molar-refractivity contribution in [3.8, 4) is 6.07 Å². The molecule has 0 rings (SSSR count). The van der Waals surface area contributed by atoms with Gasteiger partial charge in [0, 0.05) is 11.8 Å². The van der Waals surface area contributed by atoms with Gasteiger partial charge in [0.05, 0.1) is 11.5 Å². The van der Waals surface area contributed by atoms with Crippen LogP contribution in [-0.2, 0) is 0 Å². The Labute approximate surface area is 85.9 Å². The van der Waals surface area contributed by atoms with Gasteiger partial charge < -0.3 is 5.73 Å². The summed E-state index contributed by atoms with van der Waals surface area (Å²) in [6.45, 7) is 6.06. The summed E-state index contributed by atoms with van der Waals surface area (Å²) in [4.78, 5) is 0. The minimum atomic E-state index is -0.177. The molecule has 0 aromatic carbocycles. The number of nitrogens with two attached hydrogens (primary N) is 1. The van der Waals surface area contributed by atoms with Crippen LogP contribution in [0.25, 0.3) is 0 Å². The van der Waals surface area contributed by atoms with E-state index in [0.29, 0.717) is 6.04 Å². The first-order chi connectivity index (χ1) is 6.02. The van der Waals surface area contributed by atoms with Gasteiger partial charge in [-0.25, -0.2) is 0 Å². The van der Waals surface area contributed by atoms with Gasteiger partial charge in [0.15, 0.2) is 0 Å². The van der Waals surface area contributed by atoms with Gasteiger partial charge in [0.25, 0.3) is 0 Å². The van der Waals surface area contributed by atoms with E-state index in [9.17, 15) is 0 Å². The molecule has 76 valence electrons. The van der Waals surface area contributed by atoms with Gasteiger partial charge in [-0.3, -0.25) is 0 Å². The molecule has 3 heteroatoms. The fraction of sp³-hybridized carbons (Fsp3) is 0.900. The molecule has 0 saturated heterocycles. The number of rotatable bonds is 6. The summed E-state index contributed by atoms with van der Waals surface area (Å²) in [5, 5.41) is 8.76. The Morgan fingerprint density at radius 1 is 1.54 bits per heavy atom. The zero-order valence-corrected chi connectivity index (χ0v) is 9.66. The van der Waals surface area contributed by atoms with E-state index in [1.54, 1.807) is 0 Å². The van der Waals surface area contributed by atoms with Crippen LogP contribution < -0.4 is 5.73 Å². The Kier molecular flexibility index (Phi) is 6.19. The fourth-order valence-corrected chi connectivity index (χ4v) is 2.10. The van der Waals surface area contributed by atoms with Crippen molar-refractivity contribution in [1.29, 1.82) is 5.26 Å². The molecule has 13 heavy (non-hydrogen) atoms. The normalized spacial score (nSPS) is 13.8. The van der Waals surface area contributed by atoms with E-state index >= 15 is 0 Å². The summed E-state index contributed by atoms with van der Waals surface area (Å²) >= 11 is 1.85. The van der Waals surface area contributed by atoms with E-state index in [1.165, 1.54) is 0 Å². The second-order valence-corrected chi connectivity index (χ2v) is 5.14. The smallest absolute Gasteiger partial charge is 0.0684 e. The second kappa shape index (κ2) is 6.28. The molecule has 0 aliphatic rings. The SMILES string of the molecule is CCC(N)CSCCC(C)(C)C#N. The third kappa shape index (κ3) is 6.92. The molecule has 0 heterocycles. The highest BCUT2D eigenvalue weighted by molar-refractivity contribution is 7.99. The molecule has 0 aromatic heterocycles. The summed E-state index contributed by atoms with van der Waals surface area (Å²) in [6.07, 6.45) is 1.99. The molecular weight excluding hydrogens is 180 g/mol. The maximum Gasteiger partial charge on any atom is 0.0684 e. The molecule has 2 N–H and O–H groups in total. The molecule has 0 saturated carbocycles. The molecule has 0 radical (unpaired) electrons. The first-order valence-electron chi connectivity index (χ1n) is 4.76. The quantitative estimate of drug-likeness (QED) is 0.670. The Morgan fingerprint density at radius 2 is 2.15 bits per heavy atom. The minimum absolute atomic E-state index is 0.177. The third-order valence-corrected chi connectivity index (χ3v) is 3.19. The average Bonchev–Trinajstić information content (AvgIpc) is 2.12. The van der Waals surface area contributed by atoms with Crippen LogP contribution in [-0.4, -0.2) is 17.5 Å². The lowest BCUT2D eigenvalue weighted by Gasteiger charge is -2.15. The molecule has 0 spiro atoms. The lowest BCUT2D eigenvalue weighted by atomic mass is 9.93. The average molecular weight is 200 g/mol. The number of thioether (sulfide) groups is 1. The van der Waals surface area contributed by atoms with Crippen molar-refractivity contribution in [3.05, 3.63) is 0 Å². The monoisotopic (exact) mass is 200 g/mol. The third-order valence-electron chi connectivity index (χ3n) is 2.03. The molecule has 1 atom stereocenters. The fourth-order valence-electron chi connectivity index (χ4n) is 0.736. The first kappa shape index (κ1) is 12.8. The van der Waals surface area contributed by atoms with Crippen molar-refractivity contribution in [3.63, 3.8) is 0 Å². The molecule has 0 bridgehead atoms. The van der Waals surface area contributed by atoms with Crippen molar-refractivity contribution in [2.75, 3.05) is 11.5 Å². The van der Waals surface area contributed by atoms with E-state index in [0.717, 1.165) is 24.3 Å². The summed E-state index contributed by atoms with van der Waals surface area (Å²) in [7, 11) is 0. The van der Waals surface area contributed by atoms with Crippen LogP contribution in [0.2, 0.25) is 0 Å². The Bertz CT molecular complexity index is 172. The zero-order chi connectivity index (χ0) is 10.3. The number of nitrogens with zero attached hydrogens (tertiary/aromatic N) is 1. The Hall–Kier alpha value is -0.200. The molecule has 0 aliphatic heterocycles. The first-order valence-corrected chi connectivity index (χ1v) is 5.92. The highest BCUT2D eigenvalue weighted by atomic mass is 32.2. The van der Waals surface area contributed by atoms with Crippen molar-refractivity contribution in [1.82, 2.24) is 0 Å². The van der Waals surface area contributed by atoms with Crippen LogP contribution in [0, 0.1) is 16.7 Å². The zero-order valence-electron chi connectivity index (χ0n) is 8.84. The van der Waals surface area contributed by atoms with Crippen LogP contribution in [0.1, 0.15) is 33.6 Å². The van der Waals surface area contributed by atoms with Gasteiger partial charge in [-0.1, -0.05) is 6.92 Å². The van der Waals surface area contributed by atoms with Gasteiger partial charge in [-0.15, -0.1) is 0 Å². The summed E-state index contributed by atoms with van der Waals surface area (Å²) in [5.41, 5.74) is 5.59. The van der Waals surface area contributed by atoms with E-state index in [4.69, 9.17) is 11.0 Å². The van der Waals surface area contributed by atoms with Crippen molar-refractivity contribution >= 4 is 11.8 Å². The van der Waals surface area contributed by atoms with Crippen molar-refractivity contribution < 1.29 is 0 Å². The molecule has 0 amide bonds.